The highest BCUT2D eigenvalue weighted by Crippen LogP contribution is 2.38. The Morgan fingerprint density at radius 3 is 2.48 bits per heavy atom. The molecule has 3 aromatic carbocycles. The molecule has 0 unspecified atom stereocenters. The van der Waals surface area contributed by atoms with Crippen molar-refractivity contribution in [1.29, 1.82) is 0 Å². The van der Waals surface area contributed by atoms with Crippen LogP contribution in [0.4, 0.5) is 5.69 Å². The molecule has 0 radical (unpaired) electrons. The van der Waals surface area contributed by atoms with Crippen LogP contribution in [0.2, 0.25) is 0 Å². The summed E-state index contributed by atoms with van der Waals surface area (Å²) in [4.78, 5) is 3.59. The Labute approximate surface area is 184 Å². The van der Waals surface area contributed by atoms with Gasteiger partial charge in [-0.3, -0.25) is 0 Å². The lowest BCUT2D eigenvalue weighted by atomic mass is 9.96. The van der Waals surface area contributed by atoms with Gasteiger partial charge in [-0.05, 0) is 56.0 Å². The average Bonchev–Trinajstić information content (AvgIpc) is 3.11. The fourth-order valence-electron chi connectivity index (χ4n) is 4.83. The molecule has 0 aliphatic carbocycles. The zero-order chi connectivity index (χ0) is 22.7. The highest BCUT2D eigenvalue weighted by Gasteiger charge is 2.22. The van der Waals surface area contributed by atoms with Gasteiger partial charge in [-0.15, -0.1) is 0 Å². The van der Waals surface area contributed by atoms with Gasteiger partial charge in [0.25, 0.3) is 0 Å². The van der Waals surface area contributed by atoms with Crippen LogP contribution in [-0.4, -0.2) is 4.57 Å². The van der Waals surface area contributed by atoms with Crippen LogP contribution in [0.3, 0.4) is 0 Å². The summed E-state index contributed by atoms with van der Waals surface area (Å²) in [5.74, 6) is 0. The summed E-state index contributed by atoms with van der Waals surface area (Å²) < 4.78 is 13.2. The number of pyridine rings is 1. The number of para-hydroxylation sites is 1. The molecule has 0 saturated heterocycles. The molecule has 31 heavy (non-hydrogen) atoms. The predicted octanol–water partition coefficient (Wildman–Crippen LogP) is 7.19. The first-order valence-corrected chi connectivity index (χ1v) is 10.7. The molecule has 0 aliphatic heterocycles. The summed E-state index contributed by atoms with van der Waals surface area (Å²) in [5.41, 5.74) is 7.38. The number of nitrogens with zero attached hydrogens (tertiary/aromatic N) is 3. The largest absolute Gasteiger partial charge is 0.338 e. The van der Waals surface area contributed by atoms with E-state index in [1.165, 1.54) is 27.4 Å². The maximum absolute atomic E-state index is 8.68. The Bertz CT molecular complexity index is 1600. The summed E-state index contributed by atoms with van der Waals surface area (Å²) >= 11 is 0. The number of hydrogen-bond acceptors (Lipinski definition) is 0. The zero-order valence-electron chi connectivity index (χ0n) is 19.6. The highest BCUT2D eigenvalue weighted by molar-refractivity contribution is 6.10. The van der Waals surface area contributed by atoms with Crippen molar-refractivity contribution in [3.63, 3.8) is 0 Å². The van der Waals surface area contributed by atoms with Crippen LogP contribution in [-0.2, 0) is 7.05 Å². The normalized spacial score (nSPS) is 12.1. The van der Waals surface area contributed by atoms with Gasteiger partial charge in [-0.25, -0.2) is 4.85 Å². The van der Waals surface area contributed by atoms with Crippen molar-refractivity contribution >= 4 is 38.3 Å². The molecule has 152 valence electrons. The minimum absolute atomic E-state index is 0.331. The lowest BCUT2D eigenvalue weighted by molar-refractivity contribution is -0.665. The third kappa shape index (κ3) is 2.83. The van der Waals surface area contributed by atoms with E-state index >= 15 is 0 Å². The van der Waals surface area contributed by atoms with Gasteiger partial charge in [-0.2, -0.15) is 4.57 Å². The monoisotopic (exact) mass is 405 g/mol. The van der Waals surface area contributed by atoms with Crippen LogP contribution in [0.15, 0.2) is 60.6 Å². The van der Waals surface area contributed by atoms with E-state index in [1.54, 1.807) is 0 Å². The molecule has 0 fully saturated rings. The van der Waals surface area contributed by atoms with E-state index in [2.05, 4.69) is 71.1 Å². The van der Waals surface area contributed by atoms with Crippen LogP contribution in [0.25, 0.3) is 48.7 Å². The van der Waals surface area contributed by atoms with Crippen molar-refractivity contribution < 1.29 is 5.94 Å². The molecule has 5 aromatic rings. The Balaban J connectivity index is 1.94. The lowest BCUT2D eigenvalue weighted by Gasteiger charge is -2.14. The van der Waals surface area contributed by atoms with Gasteiger partial charge in [-0.1, -0.05) is 30.3 Å². The van der Waals surface area contributed by atoms with E-state index in [4.69, 9.17) is 7.94 Å². The molecule has 0 spiro atoms. The smallest absolute Gasteiger partial charge is 0.220 e. The van der Waals surface area contributed by atoms with E-state index in [0.717, 1.165) is 27.7 Å². The second kappa shape index (κ2) is 6.96. The second-order valence-corrected chi connectivity index (χ2v) is 8.62. The van der Waals surface area contributed by atoms with E-state index in [0.29, 0.717) is 17.8 Å². The molecule has 0 atom stereocenters. The molecule has 0 bridgehead atoms. The van der Waals surface area contributed by atoms with E-state index < -0.39 is 0 Å². The fourth-order valence-corrected chi connectivity index (χ4v) is 4.83. The van der Waals surface area contributed by atoms with Gasteiger partial charge in [0.05, 0.1) is 24.4 Å². The van der Waals surface area contributed by atoms with Gasteiger partial charge < -0.3 is 4.57 Å². The van der Waals surface area contributed by atoms with Gasteiger partial charge in [0.15, 0.2) is 11.4 Å². The Morgan fingerprint density at radius 2 is 1.74 bits per heavy atom. The van der Waals surface area contributed by atoms with Gasteiger partial charge >= 0.3 is 0 Å². The van der Waals surface area contributed by atoms with E-state index in [-0.39, 0.29) is 0 Å². The Morgan fingerprint density at radius 1 is 0.968 bits per heavy atom. The minimum atomic E-state index is 0.331. The van der Waals surface area contributed by atoms with Crippen molar-refractivity contribution in [3.8, 4) is 11.3 Å². The molecule has 3 nitrogen and oxygen atoms in total. The number of fused-ring (bicyclic) bond motifs is 4. The lowest BCUT2D eigenvalue weighted by Crippen LogP contribution is -2.35. The first-order valence-electron chi connectivity index (χ1n) is 11.2. The van der Waals surface area contributed by atoms with Crippen molar-refractivity contribution in [2.75, 3.05) is 0 Å². The minimum Gasteiger partial charge on any atom is -0.338 e. The van der Waals surface area contributed by atoms with Crippen LogP contribution in [0.5, 0.6) is 0 Å². The van der Waals surface area contributed by atoms with Crippen LogP contribution >= 0.6 is 0 Å². The van der Waals surface area contributed by atoms with Crippen LogP contribution < -0.4 is 4.57 Å². The summed E-state index contributed by atoms with van der Waals surface area (Å²) in [6.07, 6.45) is 0. The topological polar surface area (TPSA) is 13.2 Å². The maximum atomic E-state index is 8.68. The van der Waals surface area contributed by atoms with Gasteiger partial charge in [0.1, 0.15) is 7.05 Å². The first-order chi connectivity index (χ1) is 15.3. The van der Waals surface area contributed by atoms with Crippen molar-refractivity contribution in [2.45, 2.75) is 33.7 Å². The molecule has 0 aliphatic rings. The number of rotatable bonds is 2. The molecule has 3 heteroatoms. The Kier molecular flexibility index (Phi) is 4.07. The van der Waals surface area contributed by atoms with E-state index in [9.17, 15) is 0 Å². The number of benzene rings is 3. The molecule has 2 aromatic heterocycles. The van der Waals surface area contributed by atoms with Crippen LogP contribution in [0.1, 0.15) is 32.5 Å². The molecule has 0 saturated carbocycles. The molecular weight excluding hydrogens is 378 g/mol. The van der Waals surface area contributed by atoms with Crippen molar-refractivity contribution in [3.05, 3.63) is 83.3 Å². The number of hydrogen-bond donors (Lipinski definition) is 0. The zero-order valence-corrected chi connectivity index (χ0v) is 18.6. The SMILES string of the molecule is [2H]c1c(C)[n+](C)c(-c2cc3c(cc2C)c2ccccc2n3C(C)C)c2ccc([N+]#[C-])cc12. The third-order valence-corrected chi connectivity index (χ3v) is 6.37. The summed E-state index contributed by atoms with van der Waals surface area (Å²) in [6, 6.07) is 19.7. The van der Waals surface area contributed by atoms with Gasteiger partial charge in [0.2, 0.25) is 5.69 Å². The second-order valence-electron chi connectivity index (χ2n) is 8.62. The summed E-state index contributed by atoms with van der Waals surface area (Å²) in [5, 5.41) is 4.38. The molecule has 0 N–H and O–H groups in total. The molecule has 0 amide bonds. The average molecular weight is 406 g/mol. The first kappa shape index (κ1) is 18.2. The molecule has 2 heterocycles. The van der Waals surface area contributed by atoms with Gasteiger partial charge in [0, 0.05) is 35.3 Å². The highest BCUT2D eigenvalue weighted by atomic mass is 15.0. The predicted molar refractivity (Wildman–Crippen MR) is 130 cm³/mol. The summed E-state index contributed by atoms with van der Waals surface area (Å²) in [7, 11) is 2.03. The standard InChI is InChI=1S/C28H26N3/c1-17(2)31-26-10-8-7-9-23(26)25-13-18(3)24(16-27(25)31)28-22-12-11-21(29-5)15-20(22)14-19(4)30(28)6/h7-17H,1-4,6H3/q+1/i14D. The van der Waals surface area contributed by atoms with E-state index in [1.807, 2.05) is 32.2 Å². The number of aryl methyl sites for hydroxylation is 1. The maximum Gasteiger partial charge on any atom is 0.220 e. The number of aromatic nitrogens is 2. The quantitative estimate of drug-likeness (QED) is 0.218. The Hall–Kier alpha value is -3.64. The van der Waals surface area contributed by atoms with Crippen LogP contribution in [0, 0.1) is 20.4 Å². The van der Waals surface area contributed by atoms with Crippen molar-refractivity contribution in [1.82, 2.24) is 4.57 Å². The summed E-state index contributed by atoms with van der Waals surface area (Å²) in [6.45, 7) is 16.0. The molecular formula is C28H26N3+. The van der Waals surface area contributed by atoms with Crippen molar-refractivity contribution in [2.24, 2.45) is 7.05 Å². The third-order valence-electron chi connectivity index (χ3n) is 6.37. The fraction of sp³-hybridized carbons (Fsp3) is 0.214. The molecule has 5 rings (SSSR count).